The second kappa shape index (κ2) is 11.9. The largest absolute Gasteiger partial charge is 0.484 e. The molecule has 2 aromatic rings. The fourth-order valence-electron chi connectivity index (χ4n) is 3.57. The predicted octanol–water partition coefficient (Wildman–Crippen LogP) is 5.22. The molecule has 0 aliphatic carbocycles. The summed E-state index contributed by atoms with van der Waals surface area (Å²) >= 11 is 6.24. The van der Waals surface area contributed by atoms with Crippen molar-refractivity contribution >= 4 is 23.4 Å². The number of ether oxygens (including phenoxy) is 1. The maximum absolute atomic E-state index is 13.3. The molecule has 0 aliphatic rings. The highest BCUT2D eigenvalue weighted by atomic mass is 35.5. The van der Waals surface area contributed by atoms with Gasteiger partial charge in [0.05, 0.1) is 0 Å². The van der Waals surface area contributed by atoms with Gasteiger partial charge in [0, 0.05) is 18.1 Å². The smallest absolute Gasteiger partial charge is 0.261 e. The number of carbonyl (C=O) groups excluding carboxylic acids is 2. The number of aryl methyl sites for hydroxylation is 3. The number of benzene rings is 2. The molecule has 0 unspecified atom stereocenters. The summed E-state index contributed by atoms with van der Waals surface area (Å²) < 4.78 is 5.82. The lowest BCUT2D eigenvalue weighted by atomic mass is 10.1. The molecule has 0 heterocycles. The molecule has 0 spiro atoms. The van der Waals surface area contributed by atoms with E-state index in [2.05, 4.69) is 5.32 Å². The summed E-state index contributed by atoms with van der Waals surface area (Å²) in [6.45, 7) is 12.6. The van der Waals surface area contributed by atoms with Crippen LogP contribution in [0.3, 0.4) is 0 Å². The molecule has 0 fully saturated rings. The molecule has 5 nitrogen and oxygen atoms in total. The first-order valence-electron chi connectivity index (χ1n) is 11.1. The highest BCUT2D eigenvalue weighted by Gasteiger charge is 2.29. The van der Waals surface area contributed by atoms with Crippen molar-refractivity contribution in [3.05, 3.63) is 63.7 Å². The minimum absolute atomic E-state index is 0.139. The third-order valence-corrected chi connectivity index (χ3v) is 5.87. The molecule has 32 heavy (non-hydrogen) atoms. The van der Waals surface area contributed by atoms with Gasteiger partial charge in [0.25, 0.3) is 5.91 Å². The highest BCUT2D eigenvalue weighted by Crippen LogP contribution is 2.26. The number of nitrogens with one attached hydrogen (secondary N) is 1. The van der Waals surface area contributed by atoms with Crippen molar-refractivity contribution in [3.8, 4) is 5.75 Å². The van der Waals surface area contributed by atoms with Crippen LogP contribution in [-0.2, 0) is 16.1 Å². The number of hydrogen-bond acceptors (Lipinski definition) is 3. The van der Waals surface area contributed by atoms with Crippen molar-refractivity contribution in [3.63, 3.8) is 0 Å². The van der Waals surface area contributed by atoms with Crippen LogP contribution in [0, 0.1) is 26.7 Å². The summed E-state index contributed by atoms with van der Waals surface area (Å²) in [4.78, 5) is 27.8. The molecule has 1 atom stereocenters. The Kier molecular flexibility index (Phi) is 9.58. The molecule has 0 bridgehead atoms. The minimum atomic E-state index is -0.570. The molecular formula is C26H35ClN2O3. The van der Waals surface area contributed by atoms with E-state index >= 15 is 0 Å². The van der Waals surface area contributed by atoms with E-state index in [1.165, 1.54) is 0 Å². The monoisotopic (exact) mass is 458 g/mol. The second-order valence-corrected chi connectivity index (χ2v) is 9.11. The summed E-state index contributed by atoms with van der Waals surface area (Å²) in [5.41, 5.74) is 3.87. The van der Waals surface area contributed by atoms with Crippen LogP contribution < -0.4 is 10.1 Å². The van der Waals surface area contributed by atoms with E-state index in [1.54, 1.807) is 4.90 Å². The van der Waals surface area contributed by atoms with Gasteiger partial charge in [-0.3, -0.25) is 9.59 Å². The third kappa shape index (κ3) is 7.27. The van der Waals surface area contributed by atoms with Crippen LogP contribution in [0.1, 0.15) is 49.4 Å². The maximum atomic E-state index is 13.3. The standard InChI is InChI=1S/C26H35ClN2O3/c1-7-23(26(31)28-14-17(2)3)29(15-21-10-8-9-18(4)11-21)24(30)16-32-22-12-19(5)25(27)20(6)13-22/h8-13,17,23H,7,14-16H2,1-6H3,(H,28,31)/t23-/m1/s1. The Morgan fingerprint density at radius 1 is 1.09 bits per heavy atom. The number of hydrogen-bond donors (Lipinski definition) is 1. The molecule has 0 radical (unpaired) electrons. The maximum Gasteiger partial charge on any atom is 0.261 e. The second-order valence-electron chi connectivity index (χ2n) is 8.73. The van der Waals surface area contributed by atoms with Gasteiger partial charge >= 0.3 is 0 Å². The Hall–Kier alpha value is -2.53. The number of amides is 2. The molecule has 0 saturated heterocycles. The zero-order chi connectivity index (χ0) is 23.8. The Balaban J connectivity index is 2.23. The average molecular weight is 459 g/mol. The summed E-state index contributed by atoms with van der Waals surface area (Å²) in [6.07, 6.45) is 0.515. The molecular weight excluding hydrogens is 424 g/mol. The molecule has 1 N–H and O–H groups in total. The SMILES string of the molecule is CC[C@H](C(=O)NCC(C)C)N(Cc1cccc(C)c1)C(=O)COc1cc(C)c(Cl)c(C)c1. The van der Waals surface area contributed by atoms with Crippen molar-refractivity contribution in [2.75, 3.05) is 13.2 Å². The quantitative estimate of drug-likeness (QED) is 0.530. The van der Waals surface area contributed by atoms with E-state index in [1.807, 2.05) is 77.9 Å². The van der Waals surface area contributed by atoms with E-state index in [-0.39, 0.29) is 18.4 Å². The number of rotatable bonds is 10. The Morgan fingerprint density at radius 2 is 1.75 bits per heavy atom. The van der Waals surface area contributed by atoms with Gasteiger partial charge in [-0.25, -0.2) is 0 Å². The van der Waals surface area contributed by atoms with Crippen molar-refractivity contribution in [2.24, 2.45) is 5.92 Å². The topological polar surface area (TPSA) is 58.6 Å². The van der Waals surface area contributed by atoms with Gasteiger partial charge in [-0.05, 0) is 61.9 Å². The average Bonchev–Trinajstić information content (AvgIpc) is 2.74. The number of halogens is 1. The van der Waals surface area contributed by atoms with Crippen molar-refractivity contribution in [1.29, 1.82) is 0 Å². The van der Waals surface area contributed by atoms with Gasteiger partial charge in [0.15, 0.2) is 6.61 Å². The minimum Gasteiger partial charge on any atom is -0.484 e. The third-order valence-electron chi connectivity index (χ3n) is 5.28. The summed E-state index contributed by atoms with van der Waals surface area (Å²) in [6, 6.07) is 11.0. The molecule has 0 aromatic heterocycles. The van der Waals surface area contributed by atoms with Crippen molar-refractivity contribution in [1.82, 2.24) is 10.2 Å². The van der Waals surface area contributed by atoms with E-state index < -0.39 is 6.04 Å². The normalized spacial score (nSPS) is 11.9. The molecule has 2 aromatic carbocycles. The zero-order valence-electron chi connectivity index (χ0n) is 20.0. The predicted molar refractivity (Wildman–Crippen MR) is 130 cm³/mol. The first kappa shape index (κ1) is 25.7. The lowest BCUT2D eigenvalue weighted by Crippen LogP contribution is -2.50. The van der Waals surface area contributed by atoms with Gasteiger partial charge in [0.1, 0.15) is 11.8 Å². The Labute approximate surface area is 197 Å². The lowest BCUT2D eigenvalue weighted by molar-refractivity contribution is -0.143. The fourth-order valence-corrected chi connectivity index (χ4v) is 3.68. The van der Waals surface area contributed by atoms with Gasteiger partial charge < -0.3 is 15.0 Å². The molecule has 174 valence electrons. The van der Waals surface area contributed by atoms with Crippen LogP contribution in [0.4, 0.5) is 0 Å². The van der Waals surface area contributed by atoms with Gasteiger partial charge in [-0.2, -0.15) is 0 Å². The first-order chi connectivity index (χ1) is 15.1. The van der Waals surface area contributed by atoms with E-state index in [9.17, 15) is 9.59 Å². The van der Waals surface area contributed by atoms with E-state index in [0.717, 1.165) is 22.3 Å². The molecule has 2 amide bonds. The van der Waals surface area contributed by atoms with Crippen LogP contribution >= 0.6 is 11.6 Å². The number of nitrogens with zero attached hydrogens (tertiary/aromatic N) is 1. The summed E-state index contributed by atoms with van der Waals surface area (Å²) in [7, 11) is 0. The summed E-state index contributed by atoms with van der Waals surface area (Å²) in [5.74, 6) is 0.548. The zero-order valence-corrected chi connectivity index (χ0v) is 20.8. The fraction of sp³-hybridized carbons (Fsp3) is 0.462. The van der Waals surface area contributed by atoms with Crippen LogP contribution in [0.2, 0.25) is 5.02 Å². The van der Waals surface area contributed by atoms with Crippen molar-refractivity contribution < 1.29 is 14.3 Å². The molecule has 6 heteroatoms. The molecule has 2 rings (SSSR count). The Bertz CT molecular complexity index is 919. The van der Waals surface area contributed by atoms with Crippen LogP contribution in [-0.4, -0.2) is 35.9 Å². The Morgan fingerprint density at radius 3 is 2.31 bits per heavy atom. The number of carbonyl (C=O) groups is 2. The van der Waals surface area contributed by atoms with E-state index in [0.29, 0.717) is 36.2 Å². The van der Waals surface area contributed by atoms with Gasteiger partial charge in [-0.1, -0.05) is 62.2 Å². The lowest BCUT2D eigenvalue weighted by Gasteiger charge is -2.31. The molecule has 0 aliphatic heterocycles. The first-order valence-corrected chi connectivity index (χ1v) is 11.5. The van der Waals surface area contributed by atoms with Crippen molar-refractivity contribution in [2.45, 2.75) is 60.5 Å². The summed E-state index contributed by atoms with van der Waals surface area (Å²) in [5, 5.41) is 3.66. The molecule has 0 saturated carbocycles. The van der Waals surface area contributed by atoms with E-state index in [4.69, 9.17) is 16.3 Å². The van der Waals surface area contributed by atoms with Gasteiger partial charge in [-0.15, -0.1) is 0 Å². The highest BCUT2D eigenvalue weighted by molar-refractivity contribution is 6.32. The van der Waals surface area contributed by atoms with Crippen LogP contribution in [0.5, 0.6) is 5.75 Å². The van der Waals surface area contributed by atoms with Crippen LogP contribution in [0.25, 0.3) is 0 Å². The van der Waals surface area contributed by atoms with Crippen LogP contribution in [0.15, 0.2) is 36.4 Å². The van der Waals surface area contributed by atoms with Gasteiger partial charge in [0.2, 0.25) is 5.91 Å².